The predicted octanol–water partition coefficient (Wildman–Crippen LogP) is 6.63. The molecule has 3 nitrogen and oxygen atoms in total. The molecular weight excluding hydrogens is 348 g/mol. The van der Waals surface area contributed by atoms with Crippen LogP contribution in [0.5, 0.6) is 0 Å². The Kier molecular flexibility index (Phi) is 21.4. The Morgan fingerprint density at radius 1 is 0.560 bits per heavy atom. The van der Waals surface area contributed by atoms with Gasteiger partial charge in [0.05, 0.1) is 6.10 Å². The molecule has 0 aliphatic rings. The first-order valence-corrected chi connectivity index (χ1v) is 12.0. The molecule has 1 N–H and O–H groups in total. The Labute approximate surface area is 163 Å². The average molecular weight is 385 g/mol. The molecule has 0 aromatic carbocycles. The summed E-state index contributed by atoms with van der Waals surface area (Å²) in [6, 6.07) is 0. The number of thioether (sulfide) groups is 2. The smallest absolute Gasteiger partial charge is 0.133 e. The van der Waals surface area contributed by atoms with E-state index in [2.05, 4.69) is 10.8 Å². The van der Waals surface area contributed by atoms with Gasteiger partial charge in [0.1, 0.15) is 10.8 Å². The molecule has 0 aromatic heterocycles. The molecule has 25 heavy (non-hydrogen) atoms. The minimum absolute atomic E-state index is 0.102. The van der Waals surface area contributed by atoms with Crippen molar-refractivity contribution >= 4 is 23.5 Å². The van der Waals surface area contributed by atoms with E-state index >= 15 is 0 Å². The van der Waals surface area contributed by atoms with E-state index in [0.29, 0.717) is 0 Å². The molecule has 0 amide bonds. The fourth-order valence-electron chi connectivity index (χ4n) is 2.94. The van der Waals surface area contributed by atoms with Crippen molar-refractivity contribution in [2.75, 3.05) is 11.5 Å². The normalized spacial score (nSPS) is 11.8. The largest absolute Gasteiger partial charge is 0.393 e. The van der Waals surface area contributed by atoms with Gasteiger partial charge in [-0.1, -0.05) is 70.6 Å². The highest BCUT2D eigenvalue weighted by Gasteiger charge is 2.03. The minimum atomic E-state index is -0.102. The highest BCUT2D eigenvalue weighted by atomic mass is 32.2. The molecule has 5 heteroatoms. The van der Waals surface area contributed by atoms with E-state index in [9.17, 15) is 5.11 Å². The molecule has 1 atom stereocenters. The Hall–Kier alpha value is -0.360. The summed E-state index contributed by atoms with van der Waals surface area (Å²) >= 11 is 2.72. The first-order valence-electron chi connectivity index (χ1n) is 10.0. The first-order chi connectivity index (χ1) is 12.3. The third kappa shape index (κ3) is 21.6. The zero-order valence-corrected chi connectivity index (χ0v) is 17.4. The summed E-state index contributed by atoms with van der Waals surface area (Å²) in [5, 5.41) is 31.1. The van der Waals surface area contributed by atoms with E-state index in [0.717, 1.165) is 50.0 Å². The van der Waals surface area contributed by atoms with E-state index in [1.54, 1.807) is 0 Å². The van der Waals surface area contributed by atoms with E-state index in [4.69, 9.17) is 10.5 Å². The Morgan fingerprint density at radius 2 is 0.880 bits per heavy atom. The second-order valence-electron chi connectivity index (χ2n) is 6.71. The third-order valence-electron chi connectivity index (χ3n) is 4.45. The van der Waals surface area contributed by atoms with Crippen molar-refractivity contribution < 1.29 is 5.11 Å². The SMILES string of the molecule is N#CSCCCCCCCCCC(O)CCCCCCCCSC#N. The van der Waals surface area contributed by atoms with Crippen LogP contribution in [0.25, 0.3) is 0 Å². The van der Waals surface area contributed by atoms with E-state index in [-0.39, 0.29) is 6.10 Å². The number of nitrogens with zero attached hydrogens (tertiary/aromatic N) is 2. The van der Waals surface area contributed by atoms with Crippen LogP contribution in [0, 0.1) is 21.3 Å². The van der Waals surface area contributed by atoms with E-state index < -0.39 is 0 Å². The molecule has 0 fully saturated rings. The number of hydrogen-bond acceptors (Lipinski definition) is 5. The van der Waals surface area contributed by atoms with Gasteiger partial charge in [-0.05, 0) is 49.2 Å². The van der Waals surface area contributed by atoms with Crippen LogP contribution in [0.15, 0.2) is 0 Å². The number of aliphatic hydroxyl groups is 1. The number of rotatable bonds is 19. The molecule has 144 valence electrons. The molecule has 0 heterocycles. The molecule has 1 unspecified atom stereocenters. The lowest BCUT2D eigenvalue weighted by Crippen LogP contribution is -2.05. The lowest BCUT2D eigenvalue weighted by Gasteiger charge is -2.10. The van der Waals surface area contributed by atoms with Crippen LogP contribution in [-0.4, -0.2) is 22.7 Å². The summed E-state index contributed by atoms with van der Waals surface area (Å²) in [5.74, 6) is 1.94. The lowest BCUT2D eigenvalue weighted by atomic mass is 10.0. The third-order valence-corrected chi connectivity index (χ3v) is 5.69. The summed E-state index contributed by atoms with van der Waals surface area (Å²) in [5.41, 5.74) is 0. The van der Waals surface area contributed by atoms with Crippen molar-refractivity contribution in [3.05, 3.63) is 0 Å². The summed E-state index contributed by atoms with van der Waals surface area (Å²) in [4.78, 5) is 0. The summed E-state index contributed by atoms with van der Waals surface area (Å²) in [6.45, 7) is 0. The van der Waals surface area contributed by atoms with Gasteiger partial charge in [-0.2, -0.15) is 10.5 Å². The molecular formula is C20H36N2OS2. The highest BCUT2D eigenvalue weighted by molar-refractivity contribution is 8.03. The van der Waals surface area contributed by atoms with Crippen molar-refractivity contribution in [3.8, 4) is 10.8 Å². The van der Waals surface area contributed by atoms with Gasteiger partial charge in [-0.3, -0.25) is 0 Å². The van der Waals surface area contributed by atoms with Crippen LogP contribution in [0.4, 0.5) is 0 Å². The maximum atomic E-state index is 10.0. The Bertz CT molecular complexity index is 353. The lowest BCUT2D eigenvalue weighted by molar-refractivity contribution is 0.147. The zero-order chi connectivity index (χ0) is 18.4. The monoisotopic (exact) mass is 384 g/mol. The number of thiocyanates is 2. The molecule has 0 saturated carbocycles. The maximum Gasteiger partial charge on any atom is 0.133 e. The summed E-state index contributed by atoms with van der Waals surface area (Å²) < 4.78 is 0. The topological polar surface area (TPSA) is 67.8 Å². The Morgan fingerprint density at radius 3 is 1.24 bits per heavy atom. The average Bonchev–Trinajstić information content (AvgIpc) is 2.62. The van der Waals surface area contributed by atoms with Crippen molar-refractivity contribution in [3.63, 3.8) is 0 Å². The number of hydrogen-bond donors (Lipinski definition) is 1. The molecule has 0 aliphatic heterocycles. The Balaban J connectivity index is 3.15. The quantitative estimate of drug-likeness (QED) is 0.200. The van der Waals surface area contributed by atoms with Gasteiger partial charge in [-0.25, -0.2) is 0 Å². The molecule has 0 aliphatic carbocycles. The molecule has 0 aromatic rings. The highest BCUT2D eigenvalue weighted by Crippen LogP contribution is 2.15. The van der Waals surface area contributed by atoms with Crippen molar-refractivity contribution in [2.24, 2.45) is 0 Å². The summed E-state index contributed by atoms with van der Waals surface area (Å²) in [7, 11) is 0. The maximum absolute atomic E-state index is 10.0. The van der Waals surface area contributed by atoms with Crippen LogP contribution in [0.2, 0.25) is 0 Å². The van der Waals surface area contributed by atoms with Crippen LogP contribution in [-0.2, 0) is 0 Å². The van der Waals surface area contributed by atoms with Crippen molar-refractivity contribution in [1.29, 1.82) is 10.5 Å². The minimum Gasteiger partial charge on any atom is -0.393 e. The van der Waals surface area contributed by atoms with Crippen molar-refractivity contribution in [1.82, 2.24) is 0 Å². The van der Waals surface area contributed by atoms with E-state index in [1.807, 2.05) is 0 Å². The molecule has 0 radical (unpaired) electrons. The van der Waals surface area contributed by atoms with Gasteiger partial charge in [0.15, 0.2) is 0 Å². The predicted molar refractivity (Wildman–Crippen MR) is 111 cm³/mol. The fourth-order valence-corrected chi connectivity index (χ4v) is 3.81. The number of aliphatic hydroxyl groups excluding tert-OH is 1. The molecule has 0 rings (SSSR count). The molecule has 0 saturated heterocycles. The van der Waals surface area contributed by atoms with Crippen LogP contribution in [0.3, 0.4) is 0 Å². The molecule has 0 bridgehead atoms. The van der Waals surface area contributed by atoms with Gasteiger partial charge < -0.3 is 5.11 Å². The van der Waals surface area contributed by atoms with Crippen LogP contribution >= 0.6 is 23.5 Å². The fraction of sp³-hybridized carbons (Fsp3) is 0.900. The second-order valence-corrected chi connectivity index (χ2v) is 8.47. The van der Waals surface area contributed by atoms with Crippen LogP contribution in [0.1, 0.15) is 96.3 Å². The van der Waals surface area contributed by atoms with Gasteiger partial charge in [0.25, 0.3) is 0 Å². The van der Waals surface area contributed by atoms with Gasteiger partial charge in [0.2, 0.25) is 0 Å². The van der Waals surface area contributed by atoms with Gasteiger partial charge in [-0.15, -0.1) is 0 Å². The second kappa shape index (κ2) is 21.7. The number of nitriles is 2. The van der Waals surface area contributed by atoms with E-state index in [1.165, 1.54) is 81.3 Å². The zero-order valence-electron chi connectivity index (χ0n) is 15.8. The van der Waals surface area contributed by atoms with Gasteiger partial charge in [0, 0.05) is 11.5 Å². The molecule has 0 spiro atoms. The van der Waals surface area contributed by atoms with Crippen molar-refractivity contribution in [2.45, 2.75) is 102 Å². The van der Waals surface area contributed by atoms with Crippen LogP contribution < -0.4 is 0 Å². The first kappa shape index (κ1) is 24.6. The van der Waals surface area contributed by atoms with Gasteiger partial charge >= 0.3 is 0 Å². The standard InChI is InChI=1S/C20H36N2OS2/c21-18-24-16-12-8-4-1-2-6-10-14-20(23)15-11-7-3-5-9-13-17-25-19-22/h20,23H,1-17H2. The number of unbranched alkanes of at least 4 members (excludes halogenated alkanes) is 11. The summed E-state index contributed by atoms with van der Waals surface area (Å²) in [6.07, 6.45) is 17.8.